The fraction of sp³-hybridized carbons (Fsp3) is 0. The van der Waals surface area contributed by atoms with Gasteiger partial charge in [0.2, 0.25) is 0 Å². The SMILES string of the molecule is N#Cc1ccc(-c2cccc3c2sc2c3ccc3c2c2ccccc2n3-c2ccccc2)c(-n2c3ccccc3c3cc(C#N)ccc32)c1.N#Cc1ccc(-n2c3ccccc3c3cc(C#N)ccc32)c(-c2cccc3c2sc2c3ccc3c2c2ccccc2n3-c2ccccc2)c1.N#Cc1ccc2c(c1)c1ccccc1n2-c1c(C#N)cccc1-c1cccc2c1sc1c2ccc2c1c1ccccc1n2-c1ccccc1. The molecule has 0 amide bonds. The van der Waals surface area contributed by atoms with Crippen molar-refractivity contribution in [2.45, 2.75) is 0 Å². The smallest absolute Gasteiger partial charge is 0.101 e. The minimum atomic E-state index is 0.593. The molecule has 0 bridgehead atoms. The number of nitrogens with zero attached hydrogens (tertiary/aromatic N) is 12. The number of benzene rings is 21. The second kappa shape index (κ2) is 33.9. The van der Waals surface area contributed by atoms with E-state index in [-0.39, 0.29) is 0 Å². The van der Waals surface area contributed by atoms with Crippen molar-refractivity contribution in [1.29, 1.82) is 31.6 Å². The van der Waals surface area contributed by atoms with Crippen LogP contribution < -0.4 is 0 Å². The molecule has 147 heavy (non-hydrogen) atoms. The zero-order chi connectivity index (χ0) is 97.9. The molecule has 0 saturated carbocycles. The fourth-order valence-electron chi connectivity index (χ4n) is 23.1. The molecule has 0 N–H and O–H groups in total. The van der Waals surface area contributed by atoms with Gasteiger partial charge in [0.1, 0.15) is 6.07 Å². The molecule has 0 spiro atoms. The van der Waals surface area contributed by atoms with Crippen molar-refractivity contribution in [1.82, 2.24) is 27.4 Å². The topological polar surface area (TPSA) is 172 Å². The zero-order valence-electron chi connectivity index (χ0n) is 78.2. The van der Waals surface area contributed by atoms with Gasteiger partial charge in [-0.1, -0.05) is 255 Å². The second-order valence-corrected chi connectivity index (χ2v) is 40.1. The Balaban J connectivity index is 0.000000107. The van der Waals surface area contributed by atoms with Gasteiger partial charge in [-0.2, -0.15) is 31.6 Å². The first-order valence-electron chi connectivity index (χ1n) is 48.4. The highest BCUT2D eigenvalue weighted by Gasteiger charge is 2.29. The van der Waals surface area contributed by atoms with E-state index in [9.17, 15) is 31.6 Å². The van der Waals surface area contributed by atoms with E-state index in [1.54, 1.807) is 0 Å². The summed E-state index contributed by atoms with van der Waals surface area (Å²) in [5.74, 6) is 0. The average Bonchev–Trinajstić information content (AvgIpc) is 1.57. The van der Waals surface area contributed by atoms with Crippen LogP contribution in [0.5, 0.6) is 0 Å². The largest absolute Gasteiger partial charge is 0.309 e. The molecule has 15 heteroatoms. The molecule has 0 atom stereocenters. The summed E-state index contributed by atoms with van der Waals surface area (Å²) in [6.07, 6.45) is 0. The number of aromatic nitrogens is 6. The van der Waals surface area contributed by atoms with Crippen molar-refractivity contribution >= 4 is 225 Å². The Hall–Kier alpha value is -20.0. The van der Waals surface area contributed by atoms with Gasteiger partial charge in [0.05, 0.1) is 147 Å². The lowest BCUT2D eigenvalue weighted by Crippen LogP contribution is -2.01. The maximum absolute atomic E-state index is 10.6. The minimum absolute atomic E-state index is 0.593. The van der Waals surface area contributed by atoms with Gasteiger partial charge in [0.15, 0.2) is 0 Å². The predicted octanol–water partition coefficient (Wildman–Crippen LogP) is 35.0. The average molecular weight is 1920 g/mol. The van der Waals surface area contributed by atoms with Gasteiger partial charge in [-0.25, -0.2) is 0 Å². The maximum atomic E-state index is 10.6. The summed E-state index contributed by atoms with van der Waals surface area (Å²) in [5, 5.41) is 80.8. The number of fused-ring (bicyclic) bond motifs is 30. The molecule has 0 fully saturated rings. The fourth-order valence-corrected chi connectivity index (χ4v) is 27.3. The van der Waals surface area contributed by atoms with E-state index < -0.39 is 0 Å². The first-order valence-corrected chi connectivity index (χ1v) is 50.9. The van der Waals surface area contributed by atoms with E-state index in [0.29, 0.717) is 33.4 Å². The van der Waals surface area contributed by atoms with Gasteiger partial charge in [-0.15, -0.1) is 34.0 Å². The lowest BCUT2D eigenvalue weighted by Gasteiger charge is -2.16. The molecule has 0 unspecified atom stereocenters. The highest BCUT2D eigenvalue weighted by Crippen LogP contribution is 2.54. The van der Waals surface area contributed by atoms with E-state index in [1.165, 1.54) is 126 Å². The van der Waals surface area contributed by atoms with Crippen molar-refractivity contribution in [3.8, 4) is 104 Å². The van der Waals surface area contributed by atoms with E-state index in [0.717, 1.165) is 133 Å². The molecule has 0 aliphatic heterocycles. The Labute approximate surface area is 851 Å². The van der Waals surface area contributed by atoms with E-state index >= 15 is 0 Å². The molecule has 0 aliphatic carbocycles. The molecule has 30 aromatic rings. The molecule has 9 aromatic heterocycles. The molecular weight excluding hydrogens is 1850 g/mol. The summed E-state index contributed by atoms with van der Waals surface area (Å²) in [4.78, 5) is 0. The van der Waals surface area contributed by atoms with Crippen LogP contribution in [0.15, 0.2) is 437 Å². The molecule has 0 aliphatic rings. The molecule has 0 radical (unpaired) electrons. The molecule has 0 saturated heterocycles. The number of nitriles is 6. The van der Waals surface area contributed by atoms with Crippen LogP contribution in [0.3, 0.4) is 0 Å². The Morgan fingerprint density at radius 1 is 0.156 bits per heavy atom. The first kappa shape index (κ1) is 85.0. The Kier molecular flexibility index (Phi) is 19.6. The van der Waals surface area contributed by atoms with Crippen LogP contribution in [0.1, 0.15) is 33.4 Å². The van der Waals surface area contributed by atoms with Crippen molar-refractivity contribution in [2.75, 3.05) is 0 Å². The summed E-state index contributed by atoms with van der Waals surface area (Å²) in [6.45, 7) is 0. The van der Waals surface area contributed by atoms with Crippen LogP contribution in [0.25, 0.3) is 259 Å². The molecule has 30 rings (SSSR count). The maximum Gasteiger partial charge on any atom is 0.101 e. The summed E-state index contributed by atoms with van der Waals surface area (Å²) in [7, 11) is 0. The van der Waals surface area contributed by atoms with Crippen molar-refractivity contribution in [3.05, 3.63) is 470 Å². The molecule has 21 aromatic carbocycles. The lowest BCUT2D eigenvalue weighted by molar-refractivity contribution is 1.17. The summed E-state index contributed by atoms with van der Waals surface area (Å²) < 4.78 is 21.2. The molecule has 9 heterocycles. The standard InChI is InChI=1S/3C44H24N4S/c45-25-27-20-22-39-36(24-27)30-13-4-6-18-37(30)48(39)42-28(26-46)10-8-15-31(42)32-16-9-17-33-34-21-23-40-41(44(34)49-43(32)33)35-14-5-7-19-38(35)47(40)29-11-2-1-3-12-29;45-25-27-17-20-39-35(23-27)30-11-4-6-15-37(30)48(39)40-21-18-28(26-46)24-36(40)32-14-8-13-31-33-19-22-41-42(44(33)49-43(31)32)34-12-5-7-16-38(34)47(41)29-9-2-1-3-10-29;45-25-27-18-21-39-36(23-27)30-11-4-6-15-37(30)48(39)41-24-28(26-46)17-19-31(41)32-13-8-14-33-34-20-22-40-42(44(34)49-43(32)33)35-12-5-7-16-38(35)47(40)29-9-2-1-3-10-29/h3*1-24H. The van der Waals surface area contributed by atoms with Crippen molar-refractivity contribution < 1.29 is 0 Å². The van der Waals surface area contributed by atoms with E-state index in [2.05, 4.69) is 379 Å². The van der Waals surface area contributed by atoms with Gasteiger partial charge in [0, 0.05) is 176 Å². The first-order chi connectivity index (χ1) is 72.7. The third-order valence-corrected chi connectivity index (χ3v) is 33.2. The Morgan fingerprint density at radius 2 is 0.435 bits per heavy atom. The number of para-hydroxylation sites is 10. The lowest BCUT2D eigenvalue weighted by atomic mass is 9.98. The normalized spacial score (nSPS) is 11.6. The van der Waals surface area contributed by atoms with Crippen molar-refractivity contribution in [3.63, 3.8) is 0 Å². The monoisotopic (exact) mass is 1920 g/mol. The number of thiophene rings is 3. The van der Waals surface area contributed by atoms with Gasteiger partial charge in [0.25, 0.3) is 0 Å². The van der Waals surface area contributed by atoms with Crippen LogP contribution in [-0.2, 0) is 0 Å². The molecule has 678 valence electrons. The van der Waals surface area contributed by atoms with E-state index in [4.69, 9.17) is 0 Å². The third kappa shape index (κ3) is 13.0. The highest BCUT2D eigenvalue weighted by molar-refractivity contribution is 7.28. The summed E-state index contributed by atoms with van der Waals surface area (Å²) in [6, 6.07) is 166. The number of hydrogen-bond acceptors (Lipinski definition) is 9. The van der Waals surface area contributed by atoms with Gasteiger partial charge in [-0.05, 0) is 182 Å². The molecule has 12 nitrogen and oxygen atoms in total. The van der Waals surface area contributed by atoms with Crippen LogP contribution in [-0.4, -0.2) is 27.4 Å². The summed E-state index contributed by atoms with van der Waals surface area (Å²) in [5.41, 5.74) is 29.4. The number of rotatable bonds is 9. The van der Waals surface area contributed by atoms with Crippen LogP contribution >= 0.6 is 34.0 Å². The van der Waals surface area contributed by atoms with Gasteiger partial charge in [-0.3, -0.25) is 0 Å². The van der Waals surface area contributed by atoms with Crippen molar-refractivity contribution in [2.24, 2.45) is 0 Å². The second-order valence-electron chi connectivity index (χ2n) is 37.0. The van der Waals surface area contributed by atoms with Gasteiger partial charge < -0.3 is 27.4 Å². The quantitative estimate of drug-likeness (QED) is 0.139. The highest BCUT2D eigenvalue weighted by atomic mass is 32.1. The molecular formula is C132H72N12S3. The van der Waals surface area contributed by atoms with Gasteiger partial charge >= 0.3 is 0 Å². The Bertz CT molecular complexity index is 11000. The Morgan fingerprint density at radius 3 is 0.830 bits per heavy atom. The van der Waals surface area contributed by atoms with Crippen LogP contribution in [0.2, 0.25) is 0 Å². The van der Waals surface area contributed by atoms with E-state index in [1.807, 2.05) is 155 Å². The summed E-state index contributed by atoms with van der Waals surface area (Å²) >= 11 is 5.49. The number of hydrogen-bond donors (Lipinski definition) is 0. The minimum Gasteiger partial charge on any atom is -0.309 e. The van der Waals surface area contributed by atoms with Crippen LogP contribution in [0.4, 0.5) is 0 Å². The predicted molar refractivity (Wildman–Crippen MR) is 609 cm³/mol. The van der Waals surface area contributed by atoms with Crippen LogP contribution in [0, 0.1) is 68.0 Å². The third-order valence-electron chi connectivity index (χ3n) is 29.3. The zero-order valence-corrected chi connectivity index (χ0v) is 80.6.